The molecule has 0 spiro atoms. The van der Waals surface area contributed by atoms with Crippen molar-refractivity contribution in [3.63, 3.8) is 0 Å². The second-order valence-electron chi connectivity index (χ2n) is 5.62. The molecule has 94 valence electrons. The van der Waals surface area contributed by atoms with Crippen LogP contribution in [0.3, 0.4) is 0 Å². The number of fused-ring (bicyclic) bond motifs is 5. The van der Waals surface area contributed by atoms with Crippen molar-refractivity contribution in [1.82, 2.24) is 0 Å². The van der Waals surface area contributed by atoms with E-state index in [4.69, 9.17) is 16.0 Å². The number of halogens is 1. The van der Waals surface area contributed by atoms with Gasteiger partial charge in [0.1, 0.15) is 11.3 Å². The monoisotopic (exact) mass is 268 g/mol. The fraction of sp³-hybridized carbons (Fsp3) is 0.176. The molecular weight excluding hydrogens is 256 g/mol. The first-order valence-corrected chi connectivity index (χ1v) is 6.79. The minimum Gasteiger partial charge on any atom is -0.456 e. The third-order valence-electron chi connectivity index (χ3n) is 4.12. The first kappa shape index (κ1) is 11.1. The van der Waals surface area contributed by atoms with Crippen LogP contribution in [0.5, 0.6) is 0 Å². The molecule has 0 radical (unpaired) electrons. The minimum atomic E-state index is -0.0673. The molecule has 4 rings (SSSR count). The highest BCUT2D eigenvalue weighted by Gasteiger charge is 2.40. The van der Waals surface area contributed by atoms with Crippen LogP contribution in [0.1, 0.15) is 25.0 Å². The maximum atomic E-state index is 6.15. The summed E-state index contributed by atoms with van der Waals surface area (Å²) in [5.41, 5.74) is 4.59. The molecule has 1 aliphatic rings. The minimum absolute atomic E-state index is 0.0673. The van der Waals surface area contributed by atoms with E-state index >= 15 is 0 Å². The molecule has 2 aromatic carbocycles. The highest BCUT2D eigenvalue weighted by atomic mass is 35.5. The van der Waals surface area contributed by atoms with Gasteiger partial charge in [0, 0.05) is 27.0 Å². The fourth-order valence-corrected chi connectivity index (χ4v) is 3.39. The van der Waals surface area contributed by atoms with Crippen molar-refractivity contribution in [2.24, 2.45) is 0 Å². The number of hydrogen-bond donors (Lipinski definition) is 0. The zero-order valence-corrected chi connectivity index (χ0v) is 11.6. The zero-order chi connectivity index (χ0) is 13.2. The van der Waals surface area contributed by atoms with E-state index in [0.29, 0.717) is 0 Å². The van der Waals surface area contributed by atoms with Crippen molar-refractivity contribution in [3.05, 3.63) is 58.6 Å². The largest absolute Gasteiger partial charge is 0.456 e. The number of benzene rings is 2. The maximum absolute atomic E-state index is 6.15. The van der Waals surface area contributed by atoms with Gasteiger partial charge in [0.2, 0.25) is 0 Å². The zero-order valence-electron chi connectivity index (χ0n) is 10.8. The predicted molar refractivity (Wildman–Crippen MR) is 78.8 cm³/mol. The molecule has 0 amide bonds. The molecule has 2 heteroatoms. The molecule has 0 unspecified atom stereocenters. The van der Waals surface area contributed by atoms with Crippen LogP contribution in [0.25, 0.3) is 22.3 Å². The normalized spacial score (nSPS) is 15.5. The van der Waals surface area contributed by atoms with Crippen molar-refractivity contribution in [2.75, 3.05) is 0 Å². The summed E-state index contributed by atoms with van der Waals surface area (Å²) in [4.78, 5) is 0. The van der Waals surface area contributed by atoms with Crippen molar-refractivity contribution in [1.29, 1.82) is 0 Å². The highest BCUT2D eigenvalue weighted by Crippen LogP contribution is 2.53. The highest BCUT2D eigenvalue weighted by molar-refractivity contribution is 6.30. The Morgan fingerprint density at radius 3 is 2.68 bits per heavy atom. The molecule has 0 N–H and O–H groups in total. The van der Waals surface area contributed by atoms with Crippen LogP contribution in [-0.2, 0) is 5.41 Å². The summed E-state index contributed by atoms with van der Waals surface area (Å²) in [6.07, 6.45) is 0. The Bertz CT molecular complexity index is 811. The second-order valence-corrected chi connectivity index (χ2v) is 6.05. The molecule has 0 aliphatic heterocycles. The summed E-state index contributed by atoms with van der Waals surface area (Å²) >= 11 is 6.15. The van der Waals surface area contributed by atoms with Crippen LogP contribution >= 0.6 is 11.6 Å². The van der Waals surface area contributed by atoms with Gasteiger partial charge in [-0.05, 0) is 29.8 Å². The number of rotatable bonds is 0. The fourth-order valence-electron chi connectivity index (χ4n) is 3.22. The van der Waals surface area contributed by atoms with Gasteiger partial charge in [0.05, 0.1) is 0 Å². The first-order chi connectivity index (χ1) is 9.09. The second kappa shape index (κ2) is 3.43. The SMILES string of the molecule is CC1(C)c2cc(Cl)ccc2-c2oc3ccccc3c21. The van der Waals surface area contributed by atoms with E-state index in [1.165, 1.54) is 22.1 Å². The van der Waals surface area contributed by atoms with Crippen molar-refractivity contribution >= 4 is 22.6 Å². The lowest BCUT2D eigenvalue weighted by atomic mass is 9.81. The molecule has 0 saturated heterocycles. The molecule has 1 heterocycles. The van der Waals surface area contributed by atoms with E-state index in [1.54, 1.807) is 0 Å². The summed E-state index contributed by atoms with van der Waals surface area (Å²) in [7, 11) is 0. The van der Waals surface area contributed by atoms with Gasteiger partial charge in [0.15, 0.2) is 0 Å². The van der Waals surface area contributed by atoms with Crippen molar-refractivity contribution in [2.45, 2.75) is 19.3 Å². The lowest BCUT2D eigenvalue weighted by Gasteiger charge is -2.20. The Labute approximate surface area is 116 Å². The van der Waals surface area contributed by atoms with Gasteiger partial charge in [-0.3, -0.25) is 0 Å². The van der Waals surface area contributed by atoms with E-state index in [1.807, 2.05) is 18.2 Å². The van der Waals surface area contributed by atoms with Gasteiger partial charge in [0.25, 0.3) is 0 Å². The molecule has 0 saturated carbocycles. The predicted octanol–water partition coefficient (Wildman–Crippen LogP) is 5.39. The lowest BCUT2D eigenvalue weighted by Crippen LogP contribution is -2.14. The third-order valence-corrected chi connectivity index (χ3v) is 4.36. The third kappa shape index (κ3) is 1.31. The summed E-state index contributed by atoms with van der Waals surface area (Å²) in [5.74, 6) is 0.998. The Hall–Kier alpha value is -1.73. The molecule has 0 bridgehead atoms. The first-order valence-electron chi connectivity index (χ1n) is 6.41. The average Bonchev–Trinajstić information content (AvgIpc) is 2.86. The Morgan fingerprint density at radius 1 is 1.05 bits per heavy atom. The molecular formula is C17H13ClO. The van der Waals surface area contributed by atoms with Gasteiger partial charge < -0.3 is 4.42 Å². The molecule has 0 atom stereocenters. The number of para-hydroxylation sites is 1. The van der Waals surface area contributed by atoms with Crippen molar-refractivity contribution in [3.8, 4) is 11.3 Å². The van der Waals surface area contributed by atoms with Crippen LogP contribution in [0, 0.1) is 0 Å². The van der Waals surface area contributed by atoms with E-state index in [0.717, 1.165) is 16.4 Å². The van der Waals surface area contributed by atoms with E-state index in [9.17, 15) is 0 Å². The standard InChI is InChI=1S/C17H13ClO/c1-17(2)13-9-10(18)7-8-11(13)16-15(17)12-5-3-4-6-14(12)19-16/h3-9H,1-2H3. The van der Waals surface area contributed by atoms with E-state index in [-0.39, 0.29) is 5.41 Å². The van der Waals surface area contributed by atoms with Crippen LogP contribution < -0.4 is 0 Å². The van der Waals surface area contributed by atoms with E-state index in [2.05, 4.69) is 38.1 Å². The number of furan rings is 1. The summed E-state index contributed by atoms with van der Waals surface area (Å²) in [6, 6.07) is 14.3. The smallest absolute Gasteiger partial charge is 0.139 e. The van der Waals surface area contributed by atoms with Gasteiger partial charge in [-0.25, -0.2) is 0 Å². The van der Waals surface area contributed by atoms with Gasteiger partial charge >= 0.3 is 0 Å². The van der Waals surface area contributed by atoms with Crippen molar-refractivity contribution < 1.29 is 4.42 Å². The van der Waals surface area contributed by atoms with Crippen LogP contribution in [0.2, 0.25) is 5.02 Å². The van der Waals surface area contributed by atoms with Crippen LogP contribution in [-0.4, -0.2) is 0 Å². The Morgan fingerprint density at radius 2 is 1.84 bits per heavy atom. The number of hydrogen-bond acceptors (Lipinski definition) is 1. The molecule has 0 fully saturated rings. The lowest BCUT2D eigenvalue weighted by molar-refractivity contribution is 0.619. The van der Waals surface area contributed by atoms with E-state index < -0.39 is 0 Å². The van der Waals surface area contributed by atoms with Gasteiger partial charge in [-0.15, -0.1) is 0 Å². The molecule has 1 nitrogen and oxygen atoms in total. The molecule has 3 aromatic rings. The molecule has 19 heavy (non-hydrogen) atoms. The topological polar surface area (TPSA) is 13.1 Å². The quantitative estimate of drug-likeness (QED) is 0.533. The van der Waals surface area contributed by atoms with Crippen LogP contribution in [0.15, 0.2) is 46.9 Å². The summed E-state index contributed by atoms with van der Waals surface area (Å²) in [6.45, 7) is 4.46. The van der Waals surface area contributed by atoms with Crippen LogP contribution in [0.4, 0.5) is 0 Å². The molecule has 1 aromatic heterocycles. The Kier molecular flexibility index (Phi) is 2.01. The van der Waals surface area contributed by atoms with Gasteiger partial charge in [-0.2, -0.15) is 0 Å². The Balaban J connectivity index is 2.17. The maximum Gasteiger partial charge on any atom is 0.139 e. The molecule has 1 aliphatic carbocycles. The average molecular weight is 269 g/mol. The van der Waals surface area contributed by atoms with Gasteiger partial charge in [-0.1, -0.05) is 43.6 Å². The summed E-state index contributed by atoms with van der Waals surface area (Å²) in [5, 5.41) is 1.98. The summed E-state index contributed by atoms with van der Waals surface area (Å²) < 4.78 is 6.07.